The molecule has 5 nitrogen and oxygen atoms in total. The monoisotopic (exact) mass is 366 g/mol. The average molecular weight is 366 g/mol. The van der Waals surface area contributed by atoms with E-state index in [1.165, 1.54) is 0 Å². The highest BCUT2D eigenvalue weighted by Gasteiger charge is 2.31. The molecule has 0 bridgehead atoms. The number of ether oxygens (including phenoxy) is 2. The van der Waals surface area contributed by atoms with E-state index in [-0.39, 0.29) is 11.9 Å². The fourth-order valence-electron chi connectivity index (χ4n) is 3.90. The van der Waals surface area contributed by atoms with E-state index < -0.39 is 0 Å². The van der Waals surface area contributed by atoms with Crippen LogP contribution in [0.25, 0.3) is 0 Å². The summed E-state index contributed by atoms with van der Waals surface area (Å²) in [7, 11) is 2.02. The third-order valence-corrected chi connectivity index (χ3v) is 5.25. The van der Waals surface area contributed by atoms with E-state index in [1.54, 1.807) is 0 Å². The van der Waals surface area contributed by atoms with Gasteiger partial charge in [-0.25, -0.2) is 0 Å². The highest BCUT2D eigenvalue weighted by atomic mass is 16.6. The minimum absolute atomic E-state index is 0.193. The normalized spacial score (nSPS) is 17.2. The minimum atomic E-state index is -0.280. The maximum atomic E-state index is 13.2. The molecule has 4 rings (SSSR count). The Kier molecular flexibility index (Phi) is 5.30. The highest BCUT2D eigenvalue weighted by Crippen LogP contribution is 2.32. The number of hydrogen-bond acceptors (Lipinski definition) is 4. The van der Waals surface area contributed by atoms with Gasteiger partial charge in [-0.3, -0.25) is 9.69 Å². The Bertz CT molecular complexity index is 787. The molecule has 1 amide bonds. The summed E-state index contributed by atoms with van der Waals surface area (Å²) in [5.74, 6) is 1.77. The average Bonchev–Trinajstić information content (AvgIpc) is 3.24. The summed E-state index contributed by atoms with van der Waals surface area (Å²) in [6, 6.07) is 15.8. The number of carbonyl (C=O) groups excluding carboxylic acids is 1. The Hall–Kier alpha value is -2.53. The lowest BCUT2D eigenvalue weighted by atomic mass is 10.0. The maximum Gasteiger partial charge on any atom is 0.244 e. The first kappa shape index (κ1) is 17.9. The van der Waals surface area contributed by atoms with Gasteiger partial charge in [-0.15, -0.1) is 0 Å². The van der Waals surface area contributed by atoms with Crippen LogP contribution in [0, 0.1) is 0 Å². The Labute approximate surface area is 160 Å². The van der Waals surface area contributed by atoms with Gasteiger partial charge in [-0.05, 0) is 43.1 Å². The van der Waals surface area contributed by atoms with Gasteiger partial charge >= 0.3 is 0 Å². The van der Waals surface area contributed by atoms with Crippen LogP contribution >= 0.6 is 0 Å². The van der Waals surface area contributed by atoms with Gasteiger partial charge in [0, 0.05) is 19.6 Å². The first-order valence-corrected chi connectivity index (χ1v) is 9.65. The van der Waals surface area contributed by atoms with E-state index in [0.29, 0.717) is 19.8 Å². The minimum Gasteiger partial charge on any atom is -0.486 e. The number of rotatable bonds is 5. The van der Waals surface area contributed by atoms with Gasteiger partial charge in [-0.1, -0.05) is 36.4 Å². The van der Waals surface area contributed by atoms with Crippen LogP contribution < -0.4 is 9.47 Å². The molecular weight excluding hydrogens is 340 g/mol. The first-order chi connectivity index (χ1) is 13.2. The SMILES string of the molecule is CN(Cc1ccc2c(c1)OCCO2)C(C(=O)N1CCCC1)c1ccccc1. The van der Waals surface area contributed by atoms with Gasteiger partial charge in [-0.2, -0.15) is 0 Å². The fourth-order valence-corrected chi connectivity index (χ4v) is 3.90. The van der Waals surface area contributed by atoms with Crippen molar-refractivity contribution < 1.29 is 14.3 Å². The van der Waals surface area contributed by atoms with Crippen molar-refractivity contribution in [1.82, 2.24) is 9.80 Å². The summed E-state index contributed by atoms with van der Waals surface area (Å²) in [6.07, 6.45) is 2.19. The molecule has 142 valence electrons. The largest absolute Gasteiger partial charge is 0.486 e. The van der Waals surface area contributed by atoms with E-state index in [1.807, 2.05) is 60.5 Å². The molecule has 2 aliphatic heterocycles. The van der Waals surface area contributed by atoms with Crippen LogP contribution in [0.15, 0.2) is 48.5 Å². The number of fused-ring (bicyclic) bond motifs is 1. The fraction of sp³-hybridized carbons (Fsp3) is 0.409. The van der Waals surface area contributed by atoms with Crippen LogP contribution in [0.5, 0.6) is 11.5 Å². The van der Waals surface area contributed by atoms with Crippen LogP contribution in [-0.2, 0) is 11.3 Å². The molecule has 1 saturated heterocycles. The van der Waals surface area contributed by atoms with Crippen LogP contribution in [0.4, 0.5) is 0 Å². The number of likely N-dealkylation sites (N-methyl/N-ethyl adjacent to an activating group) is 1. The standard InChI is InChI=1S/C22H26N2O3/c1-23(16-17-9-10-19-20(15-17)27-14-13-26-19)21(18-7-3-2-4-8-18)22(25)24-11-5-6-12-24/h2-4,7-10,15,21H,5-6,11-14,16H2,1H3. The molecule has 1 atom stereocenters. The molecular formula is C22H26N2O3. The van der Waals surface area contributed by atoms with E-state index in [4.69, 9.17) is 9.47 Å². The number of amides is 1. The summed E-state index contributed by atoms with van der Waals surface area (Å²) in [5.41, 5.74) is 2.14. The maximum absolute atomic E-state index is 13.2. The second-order valence-corrected chi connectivity index (χ2v) is 7.24. The third kappa shape index (κ3) is 3.93. The van der Waals surface area contributed by atoms with Gasteiger partial charge in [0.1, 0.15) is 19.3 Å². The molecule has 0 radical (unpaired) electrons. The quantitative estimate of drug-likeness (QED) is 0.815. The summed E-state index contributed by atoms with van der Waals surface area (Å²) in [4.78, 5) is 17.4. The second kappa shape index (κ2) is 8.01. The lowest BCUT2D eigenvalue weighted by Crippen LogP contribution is -2.40. The van der Waals surface area contributed by atoms with Gasteiger partial charge in [0.05, 0.1) is 0 Å². The van der Waals surface area contributed by atoms with Crippen molar-refractivity contribution >= 4 is 5.91 Å². The zero-order chi connectivity index (χ0) is 18.6. The molecule has 0 aliphatic carbocycles. The molecule has 1 fully saturated rings. The van der Waals surface area contributed by atoms with Crippen LogP contribution in [0.1, 0.15) is 30.0 Å². The van der Waals surface area contributed by atoms with Crippen LogP contribution in [-0.4, -0.2) is 49.1 Å². The number of benzene rings is 2. The third-order valence-electron chi connectivity index (χ3n) is 5.25. The van der Waals surface area contributed by atoms with E-state index in [0.717, 1.165) is 48.6 Å². The molecule has 0 aromatic heterocycles. The van der Waals surface area contributed by atoms with Crippen molar-refractivity contribution in [3.8, 4) is 11.5 Å². The van der Waals surface area contributed by atoms with Crippen molar-refractivity contribution in [1.29, 1.82) is 0 Å². The zero-order valence-corrected chi connectivity index (χ0v) is 15.8. The smallest absolute Gasteiger partial charge is 0.244 e. The predicted molar refractivity (Wildman–Crippen MR) is 104 cm³/mol. The van der Waals surface area contributed by atoms with Crippen molar-refractivity contribution in [3.63, 3.8) is 0 Å². The molecule has 27 heavy (non-hydrogen) atoms. The Morgan fingerprint density at radius 1 is 1.04 bits per heavy atom. The van der Waals surface area contributed by atoms with Crippen molar-refractivity contribution in [2.24, 2.45) is 0 Å². The zero-order valence-electron chi connectivity index (χ0n) is 15.8. The van der Waals surface area contributed by atoms with E-state index in [2.05, 4.69) is 4.90 Å². The van der Waals surface area contributed by atoms with Crippen LogP contribution in [0.3, 0.4) is 0 Å². The number of likely N-dealkylation sites (tertiary alicyclic amines) is 1. The van der Waals surface area contributed by atoms with Gasteiger partial charge < -0.3 is 14.4 Å². The van der Waals surface area contributed by atoms with E-state index in [9.17, 15) is 4.79 Å². The van der Waals surface area contributed by atoms with Crippen LogP contribution in [0.2, 0.25) is 0 Å². The van der Waals surface area contributed by atoms with Gasteiger partial charge in [0.15, 0.2) is 11.5 Å². The molecule has 2 aromatic rings. The summed E-state index contributed by atoms with van der Waals surface area (Å²) in [5, 5.41) is 0. The molecule has 1 unspecified atom stereocenters. The second-order valence-electron chi connectivity index (χ2n) is 7.24. The van der Waals surface area contributed by atoms with Gasteiger partial charge in [0.2, 0.25) is 5.91 Å². The van der Waals surface area contributed by atoms with Crippen molar-refractivity contribution in [3.05, 3.63) is 59.7 Å². The molecule has 2 heterocycles. The lowest BCUT2D eigenvalue weighted by Gasteiger charge is -2.31. The molecule has 2 aromatic carbocycles. The highest BCUT2D eigenvalue weighted by molar-refractivity contribution is 5.83. The Morgan fingerprint density at radius 2 is 1.74 bits per heavy atom. The first-order valence-electron chi connectivity index (χ1n) is 9.65. The topological polar surface area (TPSA) is 42.0 Å². The molecule has 2 aliphatic rings. The molecule has 0 N–H and O–H groups in total. The summed E-state index contributed by atoms with van der Waals surface area (Å²) < 4.78 is 11.3. The number of carbonyl (C=O) groups is 1. The van der Waals surface area contributed by atoms with Crippen molar-refractivity contribution in [2.45, 2.75) is 25.4 Å². The predicted octanol–water partition coefficient (Wildman–Crippen LogP) is 3.25. The number of nitrogens with zero attached hydrogens (tertiary/aromatic N) is 2. The van der Waals surface area contributed by atoms with Gasteiger partial charge in [0.25, 0.3) is 0 Å². The molecule has 0 spiro atoms. The Morgan fingerprint density at radius 3 is 2.48 bits per heavy atom. The van der Waals surface area contributed by atoms with E-state index >= 15 is 0 Å². The summed E-state index contributed by atoms with van der Waals surface area (Å²) in [6.45, 7) is 3.55. The van der Waals surface area contributed by atoms with Crippen molar-refractivity contribution in [2.75, 3.05) is 33.4 Å². The molecule has 5 heteroatoms. The Balaban J connectivity index is 1.56. The lowest BCUT2D eigenvalue weighted by molar-refractivity contribution is -0.136. The summed E-state index contributed by atoms with van der Waals surface area (Å²) >= 11 is 0. The molecule has 0 saturated carbocycles. The number of hydrogen-bond donors (Lipinski definition) is 0.